The number of halogens is 1. The second kappa shape index (κ2) is 7.89. The lowest BCUT2D eigenvalue weighted by Gasteiger charge is -2.17. The van der Waals surface area contributed by atoms with Crippen LogP contribution in [0.5, 0.6) is 11.5 Å². The summed E-state index contributed by atoms with van der Waals surface area (Å²) >= 11 is 3.61. The fourth-order valence-corrected chi connectivity index (χ4v) is 3.31. The lowest BCUT2D eigenvalue weighted by atomic mass is 10.1. The van der Waals surface area contributed by atoms with Crippen LogP contribution in [0.15, 0.2) is 16.6 Å². The number of rotatable bonds is 7. The molecule has 0 aliphatic heterocycles. The van der Waals surface area contributed by atoms with Gasteiger partial charge in [0.25, 0.3) is 0 Å². The highest BCUT2D eigenvalue weighted by Crippen LogP contribution is 2.38. The molecule has 2 rings (SSSR count). The molecule has 20 heavy (non-hydrogen) atoms. The van der Waals surface area contributed by atoms with Gasteiger partial charge >= 0.3 is 0 Å². The van der Waals surface area contributed by atoms with Crippen molar-refractivity contribution in [1.82, 2.24) is 5.32 Å². The molecule has 0 amide bonds. The molecular weight excluding hydrogens is 318 g/mol. The maximum absolute atomic E-state index is 6.05. The van der Waals surface area contributed by atoms with E-state index in [1.165, 1.54) is 31.2 Å². The van der Waals surface area contributed by atoms with Crippen molar-refractivity contribution in [1.29, 1.82) is 0 Å². The summed E-state index contributed by atoms with van der Waals surface area (Å²) in [6.45, 7) is 4.26. The van der Waals surface area contributed by atoms with Gasteiger partial charge in [-0.25, -0.2) is 0 Å². The molecule has 1 aliphatic carbocycles. The summed E-state index contributed by atoms with van der Waals surface area (Å²) in [6.07, 6.45) is 5.27. The molecule has 112 valence electrons. The molecule has 0 atom stereocenters. The van der Waals surface area contributed by atoms with Crippen LogP contribution in [0.2, 0.25) is 0 Å². The number of nitrogens with one attached hydrogen (secondary N) is 1. The van der Waals surface area contributed by atoms with E-state index >= 15 is 0 Å². The van der Waals surface area contributed by atoms with Gasteiger partial charge in [-0.05, 0) is 66.4 Å². The van der Waals surface area contributed by atoms with Crippen LogP contribution in [0.25, 0.3) is 0 Å². The second-order valence-electron chi connectivity index (χ2n) is 5.33. The van der Waals surface area contributed by atoms with Crippen molar-refractivity contribution >= 4 is 15.9 Å². The molecule has 0 saturated heterocycles. The van der Waals surface area contributed by atoms with Gasteiger partial charge < -0.3 is 14.8 Å². The van der Waals surface area contributed by atoms with Gasteiger partial charge in [0, 0.05) is 6.54 Å². The molecule has 1 aliphatic rings. The zero-order valence-corrected chi connectivity index (χ0v) is 14.0. The molecule has 3 nitrogen and oxygen atoms in total. The number of ether oxygens (including phenoxy) is 2. The Bertz CT molecular complexity index is 431. The van der Waals surface area contributed by atoms with E-state index in [1.54, 1.807) is 0 Å². The summed E-state index contributed by atoms with van der Waals surface area (Å²) < 4.78 is 12.8. The van der Waals surface area contributed by atoms with Gasteiger partial charge in [-0.2, -0.15) is 0 Å². The summed E-state index contributed by atoms with van der Waals surface area (Å²) in [6, 6.07) is 4.16. The zero-order valence-electron chi connectivity index (χ0n) is 12.4. The summed E-state index contributed by atoms with van der Waals surface area (Å²) in [5, 5.41) is 3.16. The van der Waals surface area contributed by atoms with Crippen molar-refractivity contribution in [3.05, 3.63) is 22.2 Å². The van der Waals surface area contributed by atoms with Crippen LogP contribution in [-0.2, 0) is 6.54 Å². The Balaban J connectivity index is 2.11. The summed E-state index contributed by atoms with van der Waals surface area (Å²) in [7, 11) is 1.94. The average Bonchev–Trinajstić information content (AvgIpc) is 2.92. The number of benzene rings is 1. The molecular formula is C16H24BrNO2. The normalized spacial score (nSPS) is 15.6. The molecule has 1 aromatic rings. The van der Waals surface area contributed by atoms with E-state index in [0.29, 0.717) is 12.5 Å². The van der Waals surface area contributed by atoms with Crippen LogP contribution in [-0.4, -0.2) is 20.3 Å². The predicted molar refractivity (Wildman–Crippen MR) is 85.5 cm³/mol. The Morgan fingerprint density at radius 1 is 1.25 bits per heavy atom. The summed E-state index contributed by atoms with van der Waals surface area (Å²) in [5.41, 5.74) is 1.19. The van der Waals surface area contributed by atoms with Crippen molar-refractivity contribution in [2.24, 2.45) is 5.92 Å². The fourth-order valence-electron chi connectivity index (χ4n) is 2.71. The van der Waals surface area contributed by atoms with E-state index < -0.39 is 0 Å². The van der Waals surface area contributed by atoms with Crippen molar-refractivity contribution in [2.75, 3.05) is 20.3 Å². The third-order valence-corrected chi connectivity index (χ3v) is 4.28. The third-order valence-electron chi connectivity index (χ3n) is 3.69. The first-order valence-corrected chi connectivity index (χ1v) is 8.26. The van der Waals surface area contributed by atoms with Gasteiger partial charge in [-0.1, -0.05) is 12.8 Å². The third kappa shape index (κ3) is 4.13. The topological polar surface area (TPSA) is 30.5 Å². The Morgan fingerprint density at radius 2 is 2.00 bits per heavy atom. The summed E-state index contributed by atoms with van der Waals surface area (Å²) in [5.74, 6) is 2.39. The van der Waals surface area contributed by atoms with Gasteiger partial charge in [-0.3, -0.25) is 0 Å². The molecule has 1 N–H and O–H groups in total. The first kappa shape index (κ1) is 15.6. The summed E-state index contributed by atoms with van der Waals surface area (Å²) in [4.78, 5) is 0. The van der Waals surface area contributed by atoms with E-state index in [-0.39, 0.29) is 0 Å². The molecule has 0 aromatic heterocycles. The molecule has 0 bridgehead atoms. The van der Waals surface area contributed by atoms with Gasteiger partial charge in [0.1, 0.15) is 0 Å². The van der Waals surface area contributed by atoms with E-state index in [0.717, 1.165) is 29.1 Å². The predicted octanol–water partition coefficient (Wildman–Crippen LogP) is 4.14. The lowest BCUT2D eigenvalue weighted by Crippen LogP contribution is -2.10. The average molecular weight is 342 g/mol. The monoisotopic (exact) mass is 341 g/mol. The van der Waals surface area contributed by atoms with Crippen molar-refractivity contribution < 1.29 is 9.47 Å². The lowest BCUT2D eigenvalue weighted by molar-refractivity contribution is 0.232. The van der Waals surface area contributed by atoms with Gasteiger partial charge in [0.15, 0.2) is 11.5 Å². The first-order valence-electron chi connectivity index (χ1n) is 7.47. The molecule has 4 heteroatoms. The zero-order chi connectivity index (χ0) is 14.4. The Kier molecular flexibility index (Phi) is 6.17. The minimum absolute atomic E-state index is 0.648. The highest BCUT2D eigenvalue weighted by atomic mass is 79.9. The SMILES string of the molecule is CCOc1cc(CNC)cc(Br)c1OCC1CCCC1. The van der Waals surface area contributed by atoms with E-state index in [2.05, 4.69) is 33.4 Å². The molecule has 1 saturated carbocycles. The Hall–Kier alpha value is -0.740. The molecule has 0 radical (unpaired) electrons. The number of hydrogen-bond donors (Lipinski definition) is 1. The maximum atomic E-state index is 6.05. The van der Waals surface area contributed by atoms with Crippen molar-refractivity contribution in [2.45, 2.75) is 39.2 Å². The van der Waals surface area contributed by atoms with Crippen LogP contribution < -0.4 is 14.8 Å². The van der Waals surface area contributed by atoms with Crippen molar-refractivity contribution in [3.63, 3.8) is 0 Å². The molecule has 1 fully saturated rings. The maximum Gasteiger partial charge on any atom is 0.175 e. The fraction of sp³-hybridized carbons (Fsp3) is 0.625. The standard InChI is InChI=1S/C16H24BrNO2/c1-3-19-15-9-13(10-18-2)8-14(17)16(15)20-11-12-6-4-5-7-12/h8-9,12,18H,3-7,10-11H2,1-2H3. The molecule has 1 aromatic carbocycles. The Morgan fingerprint density at radius 3 is 2.65 bits per heavy atom. The van der Waals surface area contributed by atoms with E-state index in [4.69, 9.17) is 9.47 Å². The highest BCUT2D eigenvalue weighted by molar-refractivity contribution is 9.10. The van der Waals surface area contributed by atoms with Gasteiger partial charge in [0.2, 0.25) is 0 Å². The second-order valence-corrected chi connectivity index (χ2v) is 6.18. The van der Waals surface area contributed by atoms with Gasteiger partial charge in [0.05, 0.1) is 17.7 Å². The minimum Gasteiger partial charge on any atom is -0.490 e. The number of hydrogen-bond acceptors (Lipinski definition) is 3. The van der Waals surface area contributed by atoms with Crippen LogP contribution in [0.4, 0.5) is 0 Å². The Labute approximate surface area is 130 Å². The minimum atomic E-state index is 0.648. The molecule has 0 heterocycles. The van der Waals surface area contributed by atoms with Crippen molar-refractivity contribution in [3.8, 4) is 11.5 Å². The largest absolute Gasteiger partial charge is 0.490 e. The van der Waals surface area contributed by atoms with Crippen LogP contribution in [0.1, 0.15) is 38.2 Å². The van der Waals surface area contributed by atoms with E-state index in [1.807, 2.05) is 14.0 Å². The van der Waals surface area contributed by atoms with Gasteiger partial charge in [-0.15, -0.1) is 0 Å². The van der Waals surface area contributed by atoms with E-state index in [9.17, 15) is 0 Å². The van der Waals surface area contributed by atoms with Crippen LogP contribution in [0, 0.1) is 5.92 Å². The smallest absolute Gasteiger partial charge is 0.175 e. The van der Waals surface area contributed by atoms with Crippen LogP contribution >= 0.6 is 15.9 Å². The van der Waals surface area contributed by atoms with Crippen LogP contribution in [0.3, 0.4) is 0 Å². The quantitative estimate of drug-likeness (QED) is 0.808. The molecule has 0 unspecified atom stereocenters. The highest BCUT2D eigenvalue weighted by Gasteiger charge is 2.18. The first-order chi connectivity index (χ1) is 9.74. The molecule has 0 spiro atoms.